The van der Waals surface area contributed by atoms with Crippen LogP contribution in [0.4, 0.5) is 22.7 Å². The molecule has 0 saturated heterocycles. The molecular formula is C91H108N4O21P2S4. The van der Waals surface area contributed by atoms with E-state index in [-0.39, 0.29) is 163 Å². The Morgan fingerprint density at radius 2 is 0.566 bits per heavy atom. The van der Waals surface area contributed by atoms with Crippen molar-refractivity contribution >= 4 is 111 Å². The summed E-state index contributed by atoms with van der Waals surface area (Å²) in [5.74, 6) is 1.65. The molecule has 122 heavy (non-hydrogen) atoms. The van der Waals surface area contributed by atoms with Gasteiger partial charge in [-0.3, -0.25) is 0 Å². The van der Waals surface area contributed by atoms with Crippen LogP contribution in [-0.2, 0) is 101 Å². The number of ether oxygens (including phenoxy) is 9. The van der Waals surface area contributed by atoms with Gasteiger partial charge in [0.25, 0.3) is 0 Å². The Bertz CT molecular complexity index is 5260. The maximum Gasteiger partial charge on any atom is 0.139 e. The number of hydrogen-bond acceptors (Lipinski definition) is 21. The second-order valence-corrected chi connectivity index (χ2v) is 42.2. The van der Waals surface area contributed by atoms with Gasteiger partial charge in [-0.05, 0) is 172 Å². The Morgan fingerprint density at radius 3 is 0.754 bits per heavy atom. The minimum Gasteiger partial charge on any atom is -0.744 e. The van der Waals surface area contributed by atoms with Crippen LogP contribution < -0.4 is 78.4 Å². The second kappa shape index (κ2) is 39.3. The molecule has 10 aromatic rings. The molecule has 25 nitrogen and oxygen atoms in total. The van der Waals surface area contributed by atoms with Crippen LogP contribution in [0.3, 0.4) is 0 Å². The number of rotatable bonds is 30. The van der Waals surface area contributed by atoms with Crippen LogP contribution in [0, 0.1) is 0 Å². The fraction of sp³-hybridized carbons (Fsp3) is 0.341. The number of quaternary nitrogens is 4. The molecule has 1 heterocycles. The van der Waals surface area contributed by atoms with Gasteiger partial charge in [0.15, 0.2) is 0 Å². The Morgan fingerprint density at radius 1 is 0.344 bits per heavy atom. The zero-order valence-corrected chi connectivity index (χ0v) is 76.0. The molecule has 0 aromatic heterocycles. The zero-order valence-electron chi connectivity index (χ0n) is 70.9. The van der Waals surface area contributed by atoms with E-state index in [2.05, 4.69) is 200 Å². The number of fused-ring (bicyclic) bond motifs is 10. The second-order valence-electron chi connectivity index (χ2n) is 32.3. The minimum atomic E-state index is -5.30. The van der Waals surface area contributed by atoms with Gasteiger partial charge in [0.2, 0.25) is 0 Å². The molecule has 1 aliphatic carbocycles. The SMILES string of the molecule is CC(C)(C)c1cc(P(c2cccc([NH3+])c2)c2cccc([NH3+])c2)c2c(c1)C(C)(C)c1cc(C(C)(C)C)cc(P(c3cccc([NH3+])c3)c3cccc([NH3+])c3)c1O2.CCOCCOc1c2cc(S(=O)(=O)[O-])cc1Cc1cc(S(=O)(=O)[O-])cc(c1OCCOCC)Cc1cc(S(=O)(=O)[O-])cc(c1OCCOCC)Cc1cc(S(=O)(=O)[O-])cc(c1OCCOCC)C2. The van der Waals surface area contributed by atoms with E-state index in [0.29, 0.717) is 0 Å². The minimum absolute atomic E-state index is 0.00443. The lowest BCUT2D eigenvalue weighted by Crippen LogP contribution is -2.42. The number of benzene rings is 10. The average molecular weight is 1780 g/mol. The van der Waals surface area contributed by atoms with Crippen molar-refractivity contribution in [3.63, 3.8) is 0 Å². The summed E-state index contributed by atoms with van der Waals surface area (Å²) in [4.78, 5) is -3.13. The molecule has 0 radical (unpaired) electrons. The van der Waals surface area contributed by atoms with Crippen LogP contribution in [0.1, 0.15) is 150 Å². The third-order valence-electron chi connectivity index (χ3n) is 20.8. The molecule has 12 N–H and O–H groups in total. The molecular weight excluding hydrogens is 1680 g/mol. The molecule has 8 bridgehead atoms. The van der Waals surface area contributed by atoms with Crippen molar-refractivity contribution in [1.82, 2.24) is 0 Å². The van der Waals surface area contributed by atoms with E-state index in [9.17, 15) is 51.9 Å². The van der Waals surface area contributed by atoms with E-state index in [1.54, 1.807) is 27.7 Å². The monoisotopic (exact) mass is 1780 g/mol. The van der Waals surface area contributed by atoms with Gasteiger partial charge in [0, 0.05) is 148 Å². The van der Waals surface area contributed by atoms with Crippen molar-refractivity contribution in [2.45, 2.75) is 145 Å². The van der Waals surface area contributed by atoms with Crippen molar-refractivity contribution in [2.24, 2.45) is 0 Å². The lowest BCUT2D eigenvalue weighted by Gasteiger charge is -2.41. The fourth-order valence-electron chi connectivity index (χ4n) is 14.9. The van der Waals surface area contributed by atoms with Crippen molar-refractivity contribution < 1.29 is 117 Å². The highest BCUT2D eigenvalue weighted by molar-refractivity contribution is 7.86. The first-order valence-corrected chi connectivity index (χ1v) is 48.4. The molecule has 0 amide bonds. The van der Waals surface area contributed by atoms with Gasteiger partial charge >= 0.3 is 0 Å². The quantitative estimate of drug-likeness (QED) is 0.0185. The van der Waals surface area contributed by atoms with Gasteiger partial charge in [0.05, 0.1) is 46.0 Å². The molecule has 652 valence electrons. The lowest BCUT2D eigenvalue weighted by molar-refractivity contribution is -0.255. The predicted octanol–water partition coefficient (Wildman–Crippen LogP) is 9.36. The Hall–Kier alpha value is -8.62. The summed E-state index contributed by atoms with van der Waals surface area (Å²) in [5, 5.41) is 7.42. The Kier molecular flexibility index (Phi) is 30.3. The highest BCUT2D eigenvalue weighted by Gasteiger charge is 2.43. The molecule has 0 saturated carbocycles. The van der Waals surface area contributed by atoms with E-state index in [1.165, 1.54) is 54.1 Å². The highest BCUT2D eigenvalue weighted by Crippen LogP contribution is 2.55. The maximum atomic E-state index is 12.9. The van der Waals surface area contributed by atoms with Crippen LogP contribution in [0.2, 0.25) is 0 Å². The first-order valence-electron chi connectivity index (χ1n) is 40.1. The van der Waals surface area contributed by atoms with E-state index < -0.39 is 102 Å². The van der Waals surface area contributed by atoms with E-state index in [0.717, 1.165) is 82.8 Å². The highest BCUT2D eigenvalue weighted by atomic mass is 32.2. The van der Waals surface area contributed by atoms with Crippen molar-refractivity contribution in [2.75, 3.05) is 79.3 Å². The van der Waals surface area contributed by atoms with Gasteiger partial charge < -0.3 is 83.8 Å². The molecule has 12 rings (SSSR count). The fourth-order valence-corrected chi connectivity index (χ4v) is 22.3. The van der Waals surface area contributed by atoms with Gasteiger partial charge in [-0.15, -0.1) is 0 Å². The van der Waals surface area contributed by atoms with Crippen LogP contribution in [0.15, 0.2) is 189 Å². The van der Waals surface area contributed by atoms with Crippen molar-refractivity contribution in [1.29, 1.82) is 0 Å². The van der Waals surface area contributed by atoms with Gasteiger partial charge in [0.1, 0.15) is 124 Å². The maximum absolute atomic E-state index is 12.9. The summed E-state index contributed by atoms with van der Waals surface area (Å²) in [6, 6.07) is 52.5. The largest absolute Gasteiger partial charge is 0.744 e. The molecule has 0 unspecified atom stereocenters. The number of hydrogen-bond donors (Lipinski definition) is 4. The summed E-state index contributed by atoms with van der Waals surface area (Å²) in [7, 11) is -23.3. The standard InChI is InChI=1S/C47H52N4OP2.C44H56O20S4/c1-45(2,3)29-21-39-43(41(23-29)53(35-17-9-13-31(48)25-35)36-18-10-14-32(49)26-36)52-44-40(47(39,7)8)22-30(46(4,5)6)24-42(44)54(37-19-11-15-33(50)27-37)38-20-12-16-34(51)28-38;1-5-57-9-13-61-41-29-17-31-23-38(66(48,49)50)25-33(42(31)62-14-10-58-6-2)19-35-27-40(68(54,55)56)28-36(44(35)64-16-12-60-8-4)20-34-26-39(67(51,52)53)24-32(43(34)63-15-11-59-7-3)18-30(41)22-37(21-29)65(45,46)47/h9-28H,48-51H2,1-8H3;21-28H,5-20H2,1-4H3,(H,45,46,47)(H,48,49,50)(H,51,52,53)(H,54,55,56). The van der Waals surface area contributed by atoms with Gasteiger partial charge in [-0.1, -0.05) is 116 Å². The van der Waals surface area contributed by atoms with E-state index in [4.69, 9.17) is 42.6 Å². The lowest BCUT2D eigenvalue weighted by atomic mass is 9.72. The summed E-state index contributed by atoms with van der Waals surface area (Å²) >= 11 is 0. The molecule has 0 atom stereocenters. The first-order chi connectivity index (χ1) is 57.5. The smallest absolute Gasteiger partial charge is 0.139 e. The van der Waals surface area contributed by atoms with Crippen LogP contribution in [0.25, 0.3) is 0 Å². The molecule has 10 aromatic carbocycles. The molecule has 1 aliphatic heterocycles. The van der Waals surface area contributed by atoms with Crippen molar-refractivity contribution in [3.8, 4) is 34.5 Å². The Labute approximate surface area is 718 Å². The van der Waals surface area contributed by atoms with Crippen LogP contribution in [0.5, 0.6) is 34.5 Å². The summed E-state index contributed by atoms with van der Waals surface area (Å²) in [5.41, 5.74) is 25.4. The third-order valence-corrected chi connectivity index (χ3v) is 28.9. The topological polar surface area (TPSA) is 422 Å². The van der Waals surface area contributed by atoms with Crippen LogP contribution >= 0.6 is 15.8 Å². The average Bonchev–Trinajstić information content (AvgIpc) is 0.709. The summed E-state index contributed by atoms with van der Waals surface area (Å²) in [6.45, 7) is 26.1. The van der Waals surface area contributed by atoms with Crippen molar-refractivity contribution in [3.05, 3.63) is 237 Å². The molecule has 0 spiro atoms. The predicted molar refractivity (Wildman–Crippen MR) is 467 cm³/mol. The molecule has 31 heteroatoms. The summed E-state index contributed by atoms with van der Waals surface area (Å²) < 4.78 is 210. The first kappa shape index (κ1) is 94.1. The Balaban J connectivity index is 0.000000244. The summed E-state index contributed by atoms with van der Waals surface area (Å²) in [6.07, 6.45) is -2.01. The molecule has 0 fully saturated rings. The normalized spacial score (nSPS) is 13.5. The van der Waals surface area contributed by atoms with Crippen LogP contribution in [-0.4, -0.2) is 131 Å². The van der Waals surface area contributed by atoms with E-state index >= 15 is 0 Å². The van der Waals surface area contributed by atoms with Gasteiger partial charge in [-0.2, -0.15) is 0 Å². The van der Waals surface area contributed by atoms with Gasteiger partial charge in [-0.25, -0.2) is 33.7 Å². The zero-order chi connectivity index (χ0) is 88.6. The third kappa shape index (κ3) is 22.9. The molecule has 2 aliphatic rings. The van der Waals surface area contributed by atoms with E-state index in [1.807, 2.05) is 0 Å².